The number of aryl methyl sites for hydroxylation is 2. The highest BCUT2D eigenvalue weighted by Gasteiger charge is 2.20. The predicted octanol–water partition coefficient (Wildman–Crippen LogP) is 3.41. The Kier molecular flexibility index (Phi) is 12.9. The predicted molar refractivity (Wildman–Crippen MR) is 136 cm³/mol. The van der Waals surface area contributed by atoms with Gasteiger partial charge in [0.15, 0.2) is 0 Å². The van der Waals surface area contributed by atoms with E-state index in [0.717, 1.165) is 41.5 Å². The first kappa shape index (κ1) is 28.6. The summed E-state index contributed by atoms with van der Waals surface area (Å²) in [4.78, 5) is 33.3. The number of hydrogen-bond donors (Lipinski definition) is 3. The van der Waals surface area contributed by atoms with Crippen molar-refractivity contribution in [1.29, 1.82) is 0 Å². The summed E-state index contributed by atoms with van der Waals surface area (Å²) in [5.74, 6) is 0.858. The van der Waals surface area contributed by atoms with Crippen LogP contribution in [0.25, 0.3) is 10.9 Å². The molecule has 3 aromatic rings. The maximum absolute atomic E-state index is 12.0. The Morgan fingerprint density at radius 2 is 1.88 bits per heavy atom. The van der Waals surface area contributed by atoms with Gasteiger partial charge >= 0.3 is 0 Å². The van der Waals surface area contributed by atoms with Gasteiger partial charge in [-0.1, -0.05) is 29.3 Å². The minimum absolute atomic E-state index is 0.0645. The number of carbonyl (C=O) groups is 3. The second kappa shape index (κ2) is 15.4. The van der Waals surface area contributed by atoms with Crippen molar-refractivity contribution >= 4 is 46.9 Å². The van der Waals surface area contributed by atoms with Crippen molar-refractivity contribution in [3.63, 3.8) is 0 Å². The lowest BCUT2D eigenvalue weighted by Gasteiger charge is -2.26. The average Bonchev–Trinajstić information content (AvgIpc) is 3.07. The van der Waals surface area contributed by atoms with E-state index < -0.39 is 0 Å². The lowest BCUT2D eigenvalue weighted by atomic mass is 9.93. The Hall–Kier alpha value is -3.46. The van der Waals surface area contributed by atoms with Crippen molar-refractivity contribution in [2.75, 3.05) is 12.4 Å². The largest absolute Gasteiger partial charge is 0.373 e. The van der Waals surface area contributed by atoms with Gasteiger partial charge in [0.25, 0.3) is 0 Å². The normalized spacial score (nSPS) is 11.8. The summed E-state index contributed by atoms with van der Waals surface area (Å²) in [6, 6.07) is 12.1. The number of aldehydes is 1. The van der Waals surface area contributed by atoms with E-state index in [0.29, 0.717) is 17.7 Å². The van der Waals surface area contributed by atoms with E-state index in [4.69, 9.17) is 21.2 Å². The zero-order valence-corrected chi connectivity index (χ0v) is 20.8. The lowest BCUT2D eigenvalue weighted by molar-refractivity contribution is -0.123. The molecule has 1 aliphatic carbocycles. The van der Waals surface area contributed by atoms with Gasteiger partial charge in [-0.05, 0) is 64.3 Å². The third-order valence-corrected chi connectivity index (χ3v) is 5.04. The number of nitrogens with zero attached hydrogens (tertiary/aromatic N) is 3. The van der Waals surface area contributed by atoms with Crippen LogP contribution in [-0.4, -0.2) is 46.5 Å². The van der Waals surface area contributed by atoms with Crippen LogP contribution in [-0.2, 0) is 20.9 Å². The van der Waals surface area contributed by atoms with Gasteiger partial charge in [0.05, 0.1) is 11.2 Å². The van der Waals surface area contributed by atoms with E-state index in [1.807, 2.05) is 25.1 Å². The van der Waals surface area contributed by atoms with Gasteiger partial charge in [0.1, 0.15) is 23.8 Å². The molecule has 0 saturated heterocycles. The van der Waals surface area contributed by atoms with Crippen molar-refractivity contribution in [2.45, 2.75) is 52.6 Å². The smallest absolute Gasteiger partial charge is 0.241 e. The van der Waals surface area contributed by atoms with E-state index >= 15 is 0 Å². The Morgan fingerprint density at radius 3 is 2.38 bits per heavy atom. The summed E-state index contributed by atoms with van der Waals surface area (Å²) in [7, 11) is 1.80. The van der Waals surface area contributed by atoms with Crippen LogP contribution in [0.2, 0.25) is 5.15 Å². The van der Waals surface area contributed by atoms with Crippen LogP contribution in [0.4, 0.5) is 5.82 Å². The first-order valence-electron chi connectivity index (χ1n) is 10.9. The molecule has 1 aliphatic rings. The number of hydrogen-bond acceptors (Lipinski definition) is 6. The number of aromatic nitrogens is 3. The minimum atomic E-state index is 0.0645. The van der Waals surface area contributed by atoms with Crippen LogP contribution < -0.4 is 16.4 Å². The van der Waals surface area contributed by atoms with Gasteiger partial charge in [-0.25, -0.2) is 4.98 Å². The topological polar surface area (TPSA) is 132 Å². The molecule has 10 heteroatoms. The summed E-state index contributed by atoms with van der Waals surface area (Å²) >= 11 is 5.57. The molecule has 2 heterocycles. The fourth-order valence-electron chi connectivity index (χ4n) is 3.08. The number of nitrogens with one attached hydrogen (secondary N) is 2. The number of amides is 2. The Balaban J connectivity index is 0.000000321. The molecule has 0 aliphatic heterocycles. The molecule has 0 unspecified atom stereocenters. The number of primary amides is 1. The van der Waals surface area contributed by atoms with Crippen molar-refractivity contribution in [1.82, 2.24) is 20.1 Å². The molecule has 9 nitrogen and oxygen atoms in total. The van der Waals surface area contributed by atoms with Gasteiger partial charge in [-0.2, -0.15) is 5.10 Å². The van der Waals surface area contributed by atoms with Gasteiger partial charge < -0.3 is 21.2 Å². The van der Waals surface area contributed by atoms with E-state index in [-0.39, 0.29) is 12.3 Å². The van der Waals surface area contributed by atoms with Crippen LogP contribution >= 0.6 is 11.6 Å². The lowest BCUT2D eigenvalue weighted by Crippen LogP contribution is -2.41. The highest BCUT2D eigenvalue weighted by atomic mass is 35.5. The Bertz CT molecular complexity index is 1060. The SMILES string of the molecule is CC=O.CNc1cccc(Cl)n1.Cc1ccc2c(c1)c(C)nn2CC(=O)NC1CCC1.NC=O. The fraction of sp³-hybridized carbons (Fsp3) is 0.375. The quantitative estimate of drug-likeness (QED) is 0.381. The molecule has 0 radical (unpaired) electrons. The maximum atomic E-state index is 12.0. The minimum Gasteiger partial charge on any atom is -0.373 e. The van der Waals surface area contributed by atoms with Crippen LogP contribution in [0, 0.1) is 13.8 Å². The zero-order valence-electron chi connectivity index (χ0n) is 20.0. The number of nitrogens with two attached hydrogens (primary N) is 1. The number of carbonyl (C=O) groups excluding carboxylic acids is 3. The molecule has 1 aromatic carbocycles. The number of pyridine rings is 1. The molecule has 184 valence electrons. The van der Waals surface area contributed by atoms with Gasteiger partial charge in [0, 0.05) is 18.5 Å². The summed E-state index contributed by atoms with van der Waals surface area (Å²) in [5.41, 5.74) is 7.40. The number of fused-ring (bicyclic) bond motifs is 1. The average molecular weight is 489 g/mol. The van der Waals surface area contributed by atoms with Crippen LogP contribution in [0.15, 0.2) is 36.4 Å². The van der Waals surface area contributed by atoms with Gasteiger partial charge in [-0.15, -0.1) is 0 Å². The summed E-state index contributed by atoms with van der Waals surface area (Å²) in [6.07, 6.45) is 4.46. The number of rotatable bonds is 4. The first-order chi connectivity index (χ1) is 16.3. The second-order valence-electron chi connectivity index (χ2n) is 7.43. The number of benzene rings is 1. The highest BCUT2D eigenvalue weighted by Crippen LogP contribution is 2.20. The summed E-state index contributed by atoms with van der Waals surface area (Å²) in [5, 5.41) is 12.1. The van der Waals surface area contributed by atoms with E-state index in [2.05, 4.69) is 45.5 Å². The van der Waals surface area contributed by atoms with Crippen LogP contribution in [0.1, 0.15) is 37.4 Å². The Labute approximate surface area is 205 Å². The Morgan fingerprint density at radius 1 is 1.24 bits per heavy atom. The van der Waals surface area contributed by atoms with Gasteiger partial charge in [-0.3, -0.25) is 14.3 Å². The number of halogens is 1. The standard InChI is InChI=1S/C15H19N3O.C6H7ClN2.C2H4O.CH3NO/c1-10-6-7-14-13(8-10)11(2)17-18(14)9-15(19)16-12-4-3-5-12;1-8-6-4-2-3-5(7)9-6;1-2-3;2-1-3/h6-8,12H,3-5,9H2,1-2H3,(H,16,19);2-4H,1H3,(H,8,9);2H,1H3;1H,(H2,2,3). The van der Waals surface area contributed by atoms with Crippen molar-refractivity contribution in [2.24, 2.45) is 5.73 Å². The molecule has 0 spiro atoms. The number of anilines is 1. The monoisotopic (exact) mass is 488 g/mol. The van der Waals surface area contributed by atoms with Gasteiger partial charge in [0.2, 0.25) is 12.3 Å². The van der Waals surface area contributed by atoms with Crippen molar-refractivity contribution < 1.29 is 14.4 Å². The second-order valence-corrected chi connectivity index (χ2v) is 7.81. The van der Waals surface area contributed by atoms with Crippen LogP contribution in [0.3, 0.4) is 0 Å². The van der Waals surface area contributed by atoms with E-state index in [9.17, 15) is 4.79 Å². The highest BCUT2D eigenvalue weighted by molar-refractivity contribution is 6.29. The van der Waals surface area contributed by atoms with E-state index in [1.54, 1.807) is 17.8 Å². The maximum Gasteiger partial charge on any atom is 0.241 e. The summed E-state index contributed by atoms with van der Waals surface area (Å²) < 4.78 is 1.80. The molecule has 2 amide bonds. The molecule has 4 N–H and O–H groups in total. The van der Waals surface area contributed by atoms with Crippen LogP contribution in [0.5, 0.6) is 0 Å². The molecule has 0 bridgehead atoms. The molecule has 34 heavy (non-hydrogen) atoms. The third-order valence-electron chi connectivity index (χ3n) is 4.83. The summed E-state index contributed by atoms with van der Waals surface area (Å²) in [6.45, 7) is 5.81. The third kappa shape index (κ3) is 9.58. The molecular weight excluding hydrogens is 456 g/mol. The molecular formula is C24H33ClN6O3. The molecule has 2 aromatic heterocycles. The first-order valence-corrected chi connectivity index (χ1v) is 11.3. The molecule has 1 saturated carbocycles. The zero-order chi connectivity index (χ0) is 25.5. The van der Waals surface area contributed by atoms with Crippen molar-refractivity contribution in [3.8, 4) is 0 Å². The molecule has 1 fully saturated rings. The molecule has 0 atom stereocenters. The van der Waals surface area contributed by atoms with Crippen molar-refractivity contribution in [3.05, 3.63) is 52.8 Å². The molecule has 4 rings (SSSR count). The fourth-order valence-corrected chi connectivity index (χ4v) is 3.25. The van der Waals surface area contributed by atoms with E-state index in [1.165, 1.54) is 18.9 Å².